The van der Waals surface area contributed by atoms with Gasteiger partial charge in [0.15, 0.2) is 0 Å². The Kier molecular flexibility index (Phi) is 6.27. The molecule has 0 heterocycles. The second kappa shape index (κ2) is 8.66. The average molecular weight is 420 g/mol. The summed E-state index contributed by atoms with van der Waals surface area (Å²) < 4.78 is -1.73. The molecule has 138 valence electrons. The lowest BCUT2D eigenvalue weighted by Crippen LogP contribution is -2.48. The third-order valence-electron chi connectivity index (χ3n) is 3.90. The van der Waals surface area contributed by atoms with Crippen molar-refractivity contribution in [2.24, 2.45) is 0 Å². The number of halogens is 3. The number of amides is 1. The molecule has 3 rings (SSSR count). The number of hydrogen-bond acceptors (Lipinski definition) is 2. The largest absolute Gasteiger partial charge is 0.362 e. The van der Waals surface area contributed by atoms with Gasteiger partial charge in [-0.2, -0.15) is 0 Å². The lowest BCUT2D eigenvalue weighted by atomic mass is 10.1. The minimum Gasteiger partial charge on any atom is -0.362 e. The SMILES string of the molecule is O=C(/C=C/c1ccccc1)N[C@H](Nc1ccc2ccccc2c1)C(Cl)(Cl)Cl. The fourth-order valence-corrected chi connectivity index (χ4v) is 2.90. The van der Waals surface area contributed by atoms with Crippen LogP contribution in [0.1, 0.15) is 5.56 Å². The summed E-state index contributed by atoms with van der Waals surface area (Å²) in [6.45, 7) is 0. The zero-order valence-corrected chi connectivity index (χ0v) is 16.5. The van der Waals surface area contributed by atoms with Crippen molar-refractivity contribution in [3.05, 3.63) is 84.4 Å². The first-order chi connectivity index (χ1) is 12.9. The van der Waals surface area contributed by atoms with Gasteiger partial charge in [-0.25, -0.2) is 0 Å². The predicted octanol–water partition coefficient (Wildman–Crippen LogP) is 5.78. The van der Waals surface area contributed by atoms with Crippen molar-refractivity contribution in [1.29, 1.82) is 0 Å². The summed E-state index contributed by atoms with van der Waals surface area (Å²) >= 11 is 18.2. The van der Waals surface area contributed by atoms with E-state index in [1.54, 1.807) is 6.08 Å². The molecule has 0 fully saturated rings. The maximum absolute atomic E-state index is 12.3. The number of rotatable bonds is 5. The molecule has 1 amide bonds. The van der Waals surface area contributed by atoms with Crippen molar-refractivity contribution in [3.63, 3.8) is 0 Å². The Labute approximate surface area is 172 Å². The molecule has 0 unspecified atom stereocenters. The summed E-state index contributed by atoms with van der Waals surface area (Å²) in [5, 5.41) is 7.91. The monoisotopic (exact) mass is 418 g/mol. The first-order valence-corrected chi connectivity index (χ1v) is 9.41. The van der Waals surface area contributed by atoms with Crippen LogP contribution in [0.15, 0.2) is 78.9 Å². The summed E-state index contributed by atoms with van der Waals surface area (Å²) in [6, 6.07) is 23.2. The Bertz CT molecular complexity index is 952. The fourth-order valence-electron chi connectivity index (χ4n) is 2.57. The summed E-state index contributed by atoms with van der Waals surface area (Å²) in [5.41, 5.74) is 1.64. The summed E-state index contributed by atoms with van der Waals surface area (Å²) in [5.74, 6) is -0.372. The molecule has 3 aromatic rings. The van der Waals surface area contributed by atoms with E-state index in [2.05, 4.69) is 10.6 Å². The number of carbonyl (C=O) groups excluding carboxylic acids is 1. The lowest BCUT2D eigenvalue weighted by Gasteiger charge is -2.27. The molecular weight excluding hydrogens is 403 g/mol. The third-order valence-corrected chi connectivity index (χ3v) is 4.56. The van der Waals surface area contributed by atoms with Crippen LogP contribution in [0.2, 0.25) is 0 Å². The van der Waals surface area contributed by atoms with Crippen LogP contribution in [-0.4, -0.2) is 15.9 Å². The van der Waals surface area contributed by atoms with E-state index in [9.17, 15) is 4.79 Å². The number of hydrogen-bond donors (Lipinski definition) is 2. The highest BCUT2D eigenvalue weighted by Crippen LogP contribution is 2.31. The predicted molar refractivity (Wildman–Crippen MR) is 115 cm³/mol. The van der Waals surface area contributed by atoms with Gasteiger partial charge in [0, 0.05) is 11.8 Å². The quantitative estimate of drug-likeness (QED) is 0.313. The van der Waals surface area contributed by atoms with Gasteiger partial charge >= 0.3 is 0 Å². The van der Waals surface area contributed by atoms with Crippen LogP contribution in [0.5, 0.6) is 0 Å². The molecule has 0 aliphatic rings. The van der Waals surface area contributed by atoms with Gasteiger partial charge in [-0.3, -0.25) is 4.79 Å². The normalized spacial score (nSPS) is 12.9. The van der Waals surface area contributed by atoms with Gasteiger partial charge in [0.1, 0.15) is 6.17 Å². The molecule has 0 aliphatic heterocycles. The molecule has 3 nitrogen and oxygen atoms in total. The minimum absolute atomic E-state index is 0.372. The first kappa shape index (κ1) is 19.6. The van der Waals surface area contributed by atoms with Crippen molar-refractivity contribution in [1.82, 2.24) is 5.32 Å². The molecule has 0 radical (unpaired) electrons. The highest BCUT2D eigenvalue weighted by atomic mass is 35.6. The molecule has 2 N–H and O–H groups in total. The molecule has 0 saturated heterocycles. The first-order valence-electron chi connectivity index (χ1n) is 8.27. The van der Waals surface area contributed by atoms with Crippen LogP contribution in [0.25, 0.3) is 16.8 Å². The number of alkyl halides is 3. The van der Waals surface area contributed by atoms with Crippen molar-refractivity contribution >= 4 is 63.2 Å². The van der Waals surface area contributed by atoms with Crippen LogP contribution in [-0.2, 0) is 4.79 Å². The Hall–Kier alpha value is -2.20. The fraction of sp³-hybridized carbons (Fsp3) is 0.0952. The number of carbonyl (C=O) groups is 1. The molecular formula is C21H17Cl3N2O. The second-order valence-corrected chi connectivity index (χ2v) is 8.30. The number of anilines is 1. The molecule has 0 spiro atoms. The molecule has 1 atom stereocenters. The maximum Gasteiger partial charge on any atom is 0.245 e. The molecule has 6 heteroatoms. The van der Waals surface area contributed by atoms with E-state index in [-0.39, 0.29) is 5.91 Å². The lowest BCUT2D eigenvalue weighted by molar-refractivity contribution is -0.116. The summed E-state index contributed by atoms with van der Waals surface area (Å²) in [6.07, 6.45) is 2.19. The van der Waals surface area contributed by atoms with E-state index in [0.717, 1.165) is 22.0 Å². The number of benzene rings is 3. The Morgan fingerprint density at radius 3 is 2.26 bits per heavy atom. The number of fused-ring (bicyclic) bond motifs is 1. The molecule has 0 saturated carbocycles. The summed E-state index contributed by atoms with van der Waals surface area (Å²) in [4.78, 5) is 12.3. The van der Waals surface area contributed by atoms with Crippen LogP contribution >= 0.6 is 34.8 Å². The zero-order valence-electron chi connectivity index (χ0n) is 14.2. The van der Waals surface area contributed by atoms with Crippen LogP contribution in [0.4, 0.5) is 5.69 Å². The standard InChI is InChI=1S/C21H17Cl3N2O/c22-21(23,24)20(26-19(27)13-10-15-6-2-1-3-7-15)25-18-12-11-16-8-4-5-9-17(16)14-18/h1-14,20,25H,(H,26,27)/b13-10+/t20-/m0/s1. The van der Waals surface area contributed by atoms with Gasteiger partial charge < -0.3 is 10.6 Å². The van der Waals surface area contributed by atoms with Crippen molar-refractivity contribution in [2.75, 3.05) is 5.32 Å². The van der Waals surface area contributed by atoms with Crippen molar-refractivity contribution < 1.29 is 4.79 Å². The topological polar surface area (TPSA) is 41.1 Å². The molecule has 0 bridgehead atoms. The molecule has 27 heavy (non-hydrogen) atoms. The Balaban J connectivity index is 1.73. The molecule has 0 aliphatic carbocycles. The van der Waals surface area contributed by atoms with E-state index >= 15 is 0 Å². The second-order valence-electron chi connectivity index (χ2n) is 5.93. The average Bonchev–Trinajstić information content (AvgIpc) is 2.66. The van der Waals surface area contributed by atoms with Gasteiger partial charge in [-0.15, -0.1) is 0 Å². The smallest absolute Gasteiger partial charge is 0.245 e. The van der Waals surface area contributed by atoms with E-state index in [4.69, 9.17) is 34.8 Å². The van der Waals surface area contributed by atoms with Gasteiger partial charge in [-0.1, -0.05) is 95.5 Å². The van der Waals surface area contributed by atoms with Crippen molar-refractivity contribution in [3.8, 4) is 0 Å². The minimum atomic E-state index is -1.73. The molecule has 3 aromatic carbocycles. The highest BCUT2D eigenvalue weighted by Gasteiger charge is 2.33. The Morgan fingerprint density at radius 2 is 1.56 bits per heavy atom. The van der Waals surface area contributed by atoms with E-state index in [0.29, 0.717) is 0 Å². The highest BCUT2D eigenvalue weighted by molar-refractivity contribution is 6.68. The Morgan fingerprint density at radius 1 is 0.889 bits per heavy atom. The van der Waals surface area contributed by atoms with Crippen LogP contribution in [0, 0.1) is 0 Å². The van der Waals surface area contributed by atoms with Crippen molar-refractivity contribution in [2.45, 2.75) is 9.96 Å². The number of nitrogens with one attached hydrogen (secondary N) is 2. The van der Waals surface area contributed by atoms with Gasteiger partial charge in [-0.05, 0) is 34.5 Å². The third kappa shape index (κ3) is 5.64. The van der Waals surface area contributed by atoms with Gasteiger partial charge in [0.2, 0.25) is 9.70 Å². The summed E-state index contributed by atoms with van der Waals surface area (Å²) in [7, 11) is 0. The van der Waals surface area contributed by atoms with E-state index in [1.807, 2.05) is 72.8 Å². The maximum atomic E-state index is 12.3. The van der Waals surface area contributed by atoms with Crippen LogP contribution < -0.4 is 10.6 Å². The zero-order chi connectivity index (χ0) is 19.3. The molecule has 0 aromatic heterocycles. The van der Waals surface area contributed by atoms with E-state index in [1.165, 1.54) is 6.08 Å². The van der Waals surface area contributed by atoms with Crippen LogP contribution in [0.3, 0.4) is 0 Å². The van der Waals surface area contributed by atoms with E-state index < -0.39 is 9.96 Å². The van der Waals surface area contributed by atoms with Gasteiger partial charge in [0.25, 0.3) is 0 Å². The van der Waals surface area contributed by atoms with Gasteiger partial charge in [0.05, 0.1) is 0 Å².